The molecule has 6 nitrogen and oxygen atoms in total. The van der Waals surface area contributed by atoms with Gasteiger partial charge < -0.3 is 21.2 Å². The molecule has 70 valence electrons. The van der Waals surface area contributed by atoms with E-state index in [1.165, 1.54) is 6.07 Å². The zero-order chi connectivity index (χ0) is 9.84. The van der Waals surface area contributed by atoms with Crippen molar-refractivity contribution < 1.29 is 4.92 Å². The molecule has 0 saturated carbocycles. The Labute approximate surface area is 74.9 Å². The van der Waals surface area contributed by atoms with Gasteiger partial charge in [-0.3, -0.25) is 0 Å². The van der Waals surface area contributed by atoms with Crippen LogP contribution in [0.1, 0.15) is 6.92 Å². The van der Waals surface area contributed by atoms with E-state index in [0.717, 1.165) is 0 Å². The van der Waals surface area contributed by atoms with Crippen molar-refractivity contribution in [1.29, 1.82) is 0 Å². The van der Waals surface area contributed by atoms with Crippen molar-refractivity contribution in [2.24, 2.45) is 0 Å². The molecule has 6 heteroatoms. The molecule has 0 aliphatic carbocycles. The summed E-state index contributed by atoms with van der Waals surface area (Å²) >= 11 is 0. The Bertz CT molecular complexity index is 326. The molecule has 1 rings (SSSR count). The monoisotopic (exact) mass is 182 g/mol. The lowest BCUT2D eigenvalue weighted by molar-refractivity contribution is -0.388. The molecule has 0 atom stereocenters. The van der Waals surface area contributed by atoms with Gasteiger partial charge in [-0.05, 0) is 22.9 Å². The molecule has 3 N–H and O–H groups in total. The Hall–Kier alpha value is -1.85. The molecule has 0 aliphatic rings. The van der Waals surface area contributed by atoms with Gasteiger partial charge in [0.25, 0.3) is 0 Å². The Balaban J connectivity index is 3.04. The zero-order valence-electron chi connectivity index (χ0n) is 7.15. The fourth-order valence-corrected chi connectivity index (χ4v) is 0.885. The van der Waals surface area contributed by atoms with Crippen molar-refractivity contribution in [3.63, 3.8) is 0 Å². The fraction of sp³-hybridized carbons (Fsp3) is 0.286. The lowest BCUT2D eigenvalue weighted by Crippen LogP contribution is -2.03. The van der Waals surface area contributed by atoms with Crippen LogP contribution < -0.4 is 11.1 Å². The Morgan fingerprint density at radius 3 is 2.92 bits per heavy atom. The summed E-state index contributed by atoms with van der Waals surface area (Å²) in [5.41, 5.74) is 5.43. The van der Waals surface area contributed by atoms with Crippen molar-refractivity contribution >= 4 is 17.3 Å². The molecular formula is C7H10N4O2. The second-order valence-electron chi connectivity index (χ2n) is 2.40. The molecule has 0 radical (unpaired) electrons. The first-order valence-electron chi connectivity index (χ1n) is 3.80. The lowest BCUT2D eigenvalue weighted by Gasteiger charge is -1.99. The van der Waals surface area contributed by atoms with Gasteiger partial charge >= 0.3 is 5.82 Å². The van der Waals surface area contributed by atoms with E-state index in [1.54, 1.807) is 6.07 Å². The standard InChI is InChI=1S/C7H10N4O2/c1-2-9-6-4-3-5(8)7(10-6)11(12)13/h3-4H,2,8H2,1H3,(H,9,10). The highest BCUT2D eigenvalue weighted by molar-refractivity contribution is 5.57. The van der Waals surface area contributed by atoms with Gasteiger partial charge in [0.05, 0.1) is 0 Å². The van der Waals surface area contributed by atoms with Gasteiger partial charge in [0, 0.05) is 12.6 Å². The van der Waals surface area contributed by atoms with E-state index in [9.17, 15) is 10.1 Å². The number of anilines is 2. The van der Waals surface area contributed by atoms with Crippen molar-refractivity contribution in [2.75, 3.05) is 17.6 Å². The van der Waals surface area contributed by atoms with Gasteiger partial charge in [0.15, 0.2) is 0 Å². The zero-order valence-corrected chi connectivity index (χ0v) is 7.15. The van der Waals surface area contributed by atoms with E-state index in [0.29, 0.717) is 12.4 Å². The van der Waals surface area contributed by atoms with Crippen LogP contribution in [0.25, 0.3) is 0 Å². The lowest BCUT2D eigenvalue weighted by atomic mass is 10.4. The predicted octanol–water partition coefficient (Wildman–Crippen LogP) is 1.00. The van der Waals surface area contributed by atoms with E-state index in [1.807, 2.05) is 6.92 Å². The van der Waals surface area contributed by atoms with E-state index in [-0.39, 0.29) is 11.5 Å². The number of nitrogens with one attached hydrogen (secondary N) is 1. The maximum Gasteiger partial charge on any atom is 0.388 e. The van der Waals surface area contributed by atoms with Crippen LogP contribution in [0.15, 0.2) is 12.1 Å². The molecule has 1 heterocycles. The first kappa shape index (κ1) is 9.24. The summed E-state index contributed by atoms with van der Waals surface area (Å²) in [6.07, 6.45) is 0. The minimum Gasteiger partial charge on any atom is -0.392 e. The Kier molecular flexibility index (Phi) is 2.63. The summed E-state index contributed by atoms with van der Waals surface area (Å²) in [6, 6.07) is 3.06. The van der Waals surface area contributed by atoms with Gasteiger partial charge in [-0.25, -0.2) is 0 Å². The number of pyridine rings is 1. The number of rotatable bonds is 3. The average Bonchev–Trinajstić information content (AvgIpc) is 2.08. The smallest absolute Gasteiger partial charge is 0.388 e. The summed E-state index contributed by atoms with van der Waals surface area (Å²) in [6.45, 7) is 2.54. The maximum atomic E-state index is 10.4. The average molecular weight is 182 g/mol. The van der Waals surface area contributed by atoms with Gasteiger partial charge in [0.2, 0.25) is 5.82 Å². The van der Waals surface area contributed by atoms with Gasteiger partial charge in [-0.1, -0.05) is 0 Å². The largest absolute Gasteiger partial charge is 0.392 e. The van der Waals surface area contributed by atoms with E-state index < -0.39 is 4.92 Å². The highest BCUT2D eigenvalue weighted by Crippen LogP contribution is 2.19. The third-order valence-corrected chi connectivity index (χ3v) is 1.44. The van der Waals surface area contributed by atoms with Crippen LogP contribution in [-0.2, 0) is 0 Å². The number of aromatic nitrogens is 1. The maximum absolute atomic E-state index is 10.4. The third-order valence-electron chi connectivity index (χ3n) is 1.44. The van der Waals surface area contributed by atoms with Crippen LogP contribution in [0.4, 0.5) is 17.3 Å². The quantitative estimate of drug-likeness (QED) is 0.537. The summed E-state index contributed by atoms with van der Waals surface area (Å²) < 4.78 is 0. The van der Waals surface area contributed by atoms with E-state index in [4.69, 9.17) is 5.73 Å². The van der Waals surface area contributed by atoms with Crippen LogP contribution in [0, 0.1) is 10.1 Å². The molecule has 1 aromatic heterocycles. The number of nitro groups is 1. The summed E-state index contributed by atoms with van der Waals surface area (Å²) in [4.78, 5) is 13.5. The molecule has 0 spiro atoms. The number of nitrogen functional groups attached to an aromatic ring is 1. The van der Waals surface area contributed by atoms with Crippen LogP contribution in [0.3, 0.4) is 0 Å². The number of hydrogen-bond donors (Lipinski definition) is 2. The van der Waals surface area contributed by atoms with Crippen molar-refractivity contribution in [2.45, 2.75) is 6.92 Å². The van der Waals surface area contributed by atoms with Gasteiger partial charge in [-0.2, -0.15) is 0 Å². The van der Waals surface area contributed by atoms with E-state index in [2.05, 4.69) is 10.3 Å². The molecular weight excluding hydrogens is 172 g/mol. The Morgan fingerprint density at radius 1 is 1.69 bits per heavy atom. The topological polar surface area (TPSA) is 94.1 Å². The third kappa shape index (κ3) is 2.05. The molecule has 1 aromatic rings. The van der Waals surface area contributed by atoms with E-state index >= 15 is 0 Å². The molecule has 0 fully saturated rings. The number of nitrogens with zero attached hydrogens (tertiary/aromatic N) is 2. The summed E-state index contributed by atoms with van der Waals surface area (Å²) in [5, 5.41) is 13.3. The second kappa shape index (κ2) is 3.70. The first-order chi connectivity index (χ1) is 6.15. The molecule has 0 bridgehead atoms. The van der Waals surface area contributed by atoms with Gasteiger partial charge in [-0.15, -0.1) is 0 Å². The molecule has 0 aliphatic heterocycles. The SMILES string of the molecule is CCNc1ccc(N)c([N+](=O)[O-])n1. The normalized spacial score (nSPS) is 9.62. The first-order valence-corrected chi connectivity index (χ1v) is 3.80. The molecule has 0 unspecified atom stereocenters. The minimum atomic E-state index is -0.601. The van der Waals surface area contributed by atoms with Gasteiger partial charge in [0.1, 0.15) is 5.69 Å². The number of hydrogen-bond acceptors (Lipinski definition) is 5. The van der Waals surface area contributed by atoms with Crippen LogP contribution in [0.5, 0.6) is 0 Å². The summed E-state index contributed by atoms with van der Waals surface area (Å²) in [7, 11) is 0. The molecule has 0 aromatic carbocycles. The Morgan fingerprint density at radius 2 is 2.38 bits per heavy atom. The van der Waals surface area contributed by atoms with Crippen LogP contribution >= 0.6 is 0 Å². The predicted molar refractivity (Wildman–Crippen MR) is 49.5 cm³/mol. The fourth-order valence-electron chi connectivity index (χ4n) is 0.885. The van der Waals surface area contributed by atoms with Crippen LogP contribution in [0.2, 0.25) is 0 Å². The highest BCUT2D eigenvalue weighted by atomic mass is 16.6. The van der Waals surface area contributed by atoms with Crippen molar-refractivity contribution in [3.8, 4) is 0 Å². The second-order valence-corrected chi connectivity index (χ2v) is 2.40. The molecule has 0 amide bonds. The minimum absolute atomic E-state index is 0.0756. The van der Waals surface area contributed by atoms with Crippen LogP contribution in [-0.4, -0.2) is 16.5 Å². The molecule has 0 saturated heterocycles. The van der Waals surface area contributed by atoms with Crippen molar-refractivity contribution in [3.05, 3.63) is 22.2 Å². The highest BCUT2D eigenvalue weighted by Gasteiger charge is 2.14. The van der Waals surface area contributed by atoms with Crippen molar-refractivity contribution in [1.82, 2.24) is 4.98 Å². The molecule has 13 heavy (non-hydrogen) atoms. The number of nitrogens with two attached hydrogens (primary N) is 1. The summed E-state index contributed by atoms with van der Waals surface area (Å²) in [5.74, 6) is 0.154.